The van der Waals surface area contributed by atoms with Crippen LogP contribution in [0.5, 0.6) is 11.5 Å². The molecule has 1 N–H and O–H groups in total. The summed E-state index contributed by atoms with van der Waals surface area (Å²) in [5.74, 6) is 1.12. The summed E-state index contributed by atoms with van der Waals surface area (Å²) < 4.78 is 14.6. The number of nitrogens with one attached hydrogen (secondary N) is 1. The summed E-state index contributed by atoms with van der Waals surface area (Å²) in [4.78, 5) is 12.5. The van der Waals surface area contributed by atoms with Crippen LogP contribution in [0, 0.1) is 0 Å². The molecule has 0 radical (unpaired) electrons. The quantitative estimate of drug-likeness (QED) is 0.629. The van der Waals surface area contributed by atoms with Crippen molar-refractivity contribution in [3.63, 3.8) is 0 Å². The van der Waals surface area contributed by atoms with Crippen LogP contribution in [-0.4, -0.2) is 29.5 Å². The van der Waals surface area contributed by atoms with E-state index in [1.54, 1.807) is 32.4 Å². The van der Waals surface area contributed by atoms with Crippen LogP contribution in [0.15, 0.2) is 36.5 Å². The molecule has 0 spiro atoms. The summed E-state index contributed by atoms with van der Waals surface area (Å²) in [7, 11) is 3.16. The lowest BCUT2D eigenvalue weighted by Gasteiger charge is -2.10. The first-order valence-corrected chi connectivity index (χ1v) is 6.92. The third kappa shape index (κ3) is 1.92. The van der Waals surface area contributed by atoms with Gasteiger partial charge in [-0.1, -0.05) is 0 Å². The largest absolute Gasteiger partial charge is 0.497 e. The fourth-order valence-electron chi connectivity index (χ4n) is 2.70. The third-order valence-electron chi connectivity index (χ3n) is 3.89. The van der Waals surface area contributed by atoms with Gasteiger partial charge < -0.3 is 14.8 Å². The highest BCUT2D eigenvalue weighted by molar-refractivity contribution is 6.09. The Morgan fingerprint density at radius 2 is 1.86 bits per heavy atom. The number of carbonyl (C=O) groups is 1. The molecule has 1 aliphatic carbocycles. The second kappa shape index (κ2) is 4.56. The van der Waals surface area contributed by atoms with Crippen LogP contribution in [0.4, 0.5) is 5.69 Å². The normalized spacial score (nSPS) is 12.1. The first-order chi connectivity index (χ1) is 10.7. The van der Waals surface area contributed by atoms with Crippen LogP contribution in [0.1, 0.15) is 10.4 Å². The van der Waals surface area contributed by atoms with Gasteiger partial charge in [-0.25, -0.2) is 0 Å². The van der Waals surface area contributed by atoms with Crippen LogP contribution >= 0.6 is 0 Å². The Kier molecular flexibility index (Phi) is 2.66. The molecular weight excluding hydrogens is 282 g/mol. The van der Waals surface area contributed by atoms with Crippen LogP contribution in [0.3, 0.4) is 0 Å². The fourth-order valence-corrected chi connectivity index (χ4v) is 2.70. The Bertz CT molecular complexity index is 824. The zero-order valence-corrected chi connectivity index (χ0v) is 12.3. The van der Waals surface area contributed by atoms with E-state index in [0.29, 0.717) is 22.7 Å². The average Bonchev–Trinajstić information content (AvgIpc) is 3.01. The summed E-state index contributed by atoms with van der Waals surface area (Å²) >= 11 is 0. The van der Waals surface area contributed by atoms with Gasteiger partial charge in [-0.15, -0.1) is 0 Å². The number of amides is 1. The molecule has 3 aliphatic rings. The van der Waals surface area contributed by atoms with Gasteiger partial charge in [0.25, 0.3) is 5.91 Å². The number of anilines is 1. The molecule has 2 aliphatic heterocycles. The van der Waals surface area contributed by atoms with Crippen molar-refractivity contribution >= 4 is 11.6 Å². The lowest BCUT2D eigenvalue weighted by atomic mass is 10.1. The van der Waals surface area contributed by atoms with Crippen LogP contribution in [0.2, 0.25) is 0 Å². The van der Waals surface area contributed by atoms with E-state index < -0.39 is 0 Å². The lowest BCUT2D eigenvalue weighted by molar-refractivity contribution is 0.102. The van der Waals surface area contributed by atoms with Crippen molar-refractivity contribution in [3.8, 4) is 22.8 Å². The monoisotopic (exact) mass is 297 g/mol. The number of fused-ring (bicyclic) bond motifs is 3. The summed E-state index contributed by atoms with van der Waals surface area (Å²) in [6.07, 6.45) is 2.00. The zero-order valence-electron chi connectivity index (χ0n) is 12.3. The van der Waals surface area contributed by atoms with Crippen molar-refractivity contribution in [1.82, 2.24) is 9.36 Å². The summed E-state index contributed by atoms with van der Waals surface area (Å²) in [5, 5.41) is 2.90. The smallest absolute Gasteiger partial charge is 0.256 e. The summed E-state index contributed by atoms with van der Waals surface area (Å²) in [6.45, 7) is 0.908. The Morgan fingerprint density at radius 3 is 2.55 bits per heavy atom. The van der Waals surface area contributed by atoms with Crippen molar-refractivity contribution < 1.29 is 14.3 Å². The Balaban J connectivity index is 1.62. The molecule has 22 heavy (non-hydrogen) atoms. The molecule has 1 amide bonds. The Morgan fingerprint density at radius 1 is 1.14 bits per heavy atom. The number of hydrogen-bond acceptors (Lipinski definition) is 3. The molecular formula is C16H15N3O3. The second-order valence-electron chi connectivity index (χ2n) is 5.21. The van der Waals surface area contributed by atoms with Gasteiger partial charge in [0.15, 0.2) is 0 Å². The SMILES string of the molecule is COc1cc(NC(=O)c2ccc3n4n(cc2-3)C4)cc(OC)c1. The van der Waals surface area contributed by atoms with Crippen LogP contribution in [-0.2, 0) is 6.67 Å². The predicted molar refractivity (Wildman–Crippen MR) is 81.9 cm³/mol. The molecule has 2 heterocycles. The molecule has 0 unspecified atom stereocenters. The highest BCUT2D eigenvalue weighted by atomic mass is 16.5. The van der Waals surface area contributed by atoms with E-state index in [2.05, 4.69) is 14.7 Å². The van der Waals surface area contributed by atoms with Gasteiger partial charge in [-0.2, -0.15) is 0 Å². The molecule has 1 aromatic carbocycles. The molecule has 0 aromatic heterocycles. The van der Waals surface area contributed by atoms with E-state index in [0.717, 1.165) is 17.9 Å². The van der Waals surface area contributed by atoms with Crippen LogP contribution in [0.25, 0.3) is 11.3 Å². The van der Waals surface area contributed by atoms with Crippen molar-refractivity contribution in [2.24, 2.45) is 0 Å². The van der Waals surface area contributed by atoms with E-state index in [1.807, 2.05) is 18.3 Å². The maximum atomic E-state index is 12.5. The van der Waals surface area contributed by atoms with Crippen LogP contribution < -0.4 is 14.8 Å². The first-order valence-electron chi connectivity index (χ1n) is 6.92. The maximum absolute atomic E-state index is 12.5. The molecule has 0 atom stereocenters. The van der Waals surface area contributed by atoms with E-state index in [4.69, 9.17) is 9.47 Å². The predicted octanol–water partition coefficient (Wildman–Crippen LogP) is 2.48. The maximum Gasteiger partial charge on any atom is 0.256 e. The molecule has 6 heteroatoms. The van der Waals surface area contributed by atoms with Gasteiger partial charge in [0.2, 0.25) is 0 Å². The van der Waals surface area contributed by atoms with E-state index in [9.17, 15) is 4.79 Å². The second-order valence-corrected chi connectivity index (χ2v) is 5.21. The minimum atomic E-state index is -0.142. The number of hydrogen-bond donors (Lipinski definition) is 1. The highest BCUT2D eigenvalue weighted by Crippen LogP contribution is 2.35. The number of methoxy groups -OCH3 is 2. The summed E-state index contributed by atoms with van der Waals surface area (Å²) in [6, 6.07) is 9.11. The number of nitrogens with zero attached hydrogens (tertiary/aromatic N) is 2. The molecule has 0 saturated heterocycles. The number of carbonyl (C=O) groups excluding carboxylic acids is 1. The Labute approximate surface area is 127 Å². The molecule has 1 aromatic rings. The summed E-state index contributed by atoms with van der Waals surface area (Å²) in [5.41, 5.74) is 3.37. The van der Waals surface area contributed by atoms with Crippen molar-refractivity contribution in [2.45, 2.75) is 6.67 Å². The topological polar surface area (TPSA) is 57.4 Å². The molecule has 0 saturated carbocycles. The highest BCUT2D eigenvalue weighted by Gasteiger charge is 2.27. The number of ether oxygens (including phenoxy) is 2. The van der Waals surface area contributed by atoms with Gasteiger partial charge in [0.1, 0.15) is 18.2 Å². The minimum Gasteiger partial charge on any atom is -0.497 e. The van der Waals surface area contributed by atoms with Crippen molar-refractivity contribution in [1.29, 1.82) is 0 Å². The molecule has 6 nitrogen and oxygen atoms in total. The number of rotatable bonds is 4. The van der Waals surface area contributed by atoms with Gasteiger partial charge in [-0.3, -0.25) is 14.2 Å². The van der Waals surface area contributed by atoms with Gasteiger partial charge in [-0.05, 0) is 12.1 Å². The van der Waals surface area contributed by atoms with Gasteiger partial charge in [0.05, 0.1) is 25.5 Å². The molecule has 112 valence electrons. The van der Waals surface area contributed by atoms with Gasteiger partial charge >= 0.3 is 0 Å². The molecule has 0 fully saturated rings. The van der Waals surface area contributed by atoms with E-state index in [-0.39, 0.29) is 5.91 Å². The van der Waals surface area contributed by atoms with E-state index in [1.165, 1.54) is 0 Å². The van der Waals surface area contributed by atoms with Crippen molar-refractivity contribution in [3.05, 3.63) is 42.1 Å². The minimum absolute atomic E-state index is 0.142. The number of aromatic nitrogens is 2. The number of benzene rings is 1. The molecule has 0 bridgehead atoms. The fraction of sp³-hybridized carbons (Fsp3) is 0.188. The lowest BCUT2D eigenvalue weighted by Crippen LogP contribution is -2.12. The zero-order chi connectivity index (χ0) is 15.3. The van der Waals surface area contributed by atoms with Gasteiger partial charge in [0, 0.05) is 35.6 Å². The standard InChI is InChI=1S/C16H15N3O3/c1-21-11-5-10(6-12(7-11)22-2)17-16(20)13-3-4-15-14(13)8-18-9-19(15)18/h3-8H,9H2,1-2H3,(H,17,20). The van der Waals surface area contributed by atoms with Crippen molar-refractivity contribution in [2.75, 3.05) is 19.5 Å². The third-order valence-corrected chi connectivity index (χ3v) is 3.89. The average molecular weight is 297 g/mol. The van der Waals surface area contributed by atoms with E-state index >= 15 is 0 Å². The molecule has 4 rings (SSSR count). The Hall–Kier alpha value is -2.89. The first kappa shape index (κ1) is 12.8.